The van der Waals surface area contributed by atoms with E-state index in [2.05, 4.69) is 23.1 Å². The molecule has 0 N–H and O–H groups in total. The van der Waals surface area contributed by atoms with E-state index in [0.717, 1.165) is 44.5 Å². The number of ketones is 1. The van der Waals surface area contributed by atoms with Crippen LogP contribution in [0.3, 0.4) is 0 Å². The minimum atomic E-state index is 0.263. The number of benzene rings is 1. The van der Waals surface area contributed by atoms with Gasteiger partial charge in [-0.15, -0.1) is 0 Å². The first kappa shape index (κ1) is 13.3. The highest BCUT2D eigenvalue weighted by molar-refractivity contribution is 5.83. The van der Waals surface area contributed by atoms with E-state index in [1.165, 1.54) is 18.4 Å². The highest BCUT2D eigenvalue weighted by Gasteiger charge is 2.39. The summed E-state index contributed by atoms with van der Waals surface area (Å²) in [5, 5.41) is 0. The fourth-order valence-corrected chi connectivity index (χ4v) is 4.40. The fraction of sp³-hybridized carbons (Fsp3) is 0.611. The van der Waals surface area contributed by atoms with E-state index in [-0.39, 0.29) is 6.10 Å². The number of carbonyl (C=O) groups excluding carboxylic acids is 1. The average Bonchev–Trinajstić information content (AvgIpc) is 3.17. The van der Waals surface area contributed by atoms with Crippen molar-refractivity contribution in [1.29, 1.82) is 0 Å². The van der Waals surface area contributed by atoms with Crippen molar-refractivity contribution in [2.75, 3.05) is 13.1 Å². The second-order valence-corrected chi connectivity index (χ2v) is 6.72. The van der Waals surface area contributed by atoms with Crippen LogP contribution >= 0.6 is 0 Å². The molecule has 0 amide bonds. The lowest BCUT2D eigenvalue weighted by Crippen LogP contribution is -2.42. The van der Waals surface area contributed by atoms with Gasteiger partial charge >= 0.3 is 0 Å². The zero-order chi connectivity index (χ0) is 14.2. The van der Waals surface area contributed by atoms with Crippen LogP contribution in [0.25, 0.3) is 0 Å². The van der Waals surface area contributed by atoms with Crippen molar-refractivity contribution < 1.29 is 9.53 Å². The molecule has 3 nitrogen and oxygen atoms in total. The number of Topliss-reactive ketones (excluding diaryl/α,β-unsaturated/α-hetero) is 1. The highest BCUT2D eigenvalue weighted by Crippen LogP contribution is 2.35. The van der Waals surface area contributed by atoms with E-state index < -0.39 is 0 Å². The highest BCUT2D eigenvalue weighted by atomic mass is 16.5. The number of carbonyl (C=O) groups is 1. The monoisotopic (exact) mass is 285 g/mol. The minimum Gasteiger partial charge on any atom is -0.488 e. The molecule has 0 spiro atoms. The molecular formula is C18H23NO2. The van der Waals surface area contributed by atoms with Crippen LogP contribution in [-0.4, -0.2) is 35.9 Å². The molecule has 1 aromatic rings. The lowest BCUT2D eigenvalue weighted by molar-refractivity contribution is -0.122. The van der Waals surface area contributed by atoms with Gasteiger partial charge in [-0.2, -0.15) is 0 Å². The van der Waals surface area contributed by atoms with Gasteiger partial charge in [0.2, 0.25) is 0 Å². The van der Waals surface area contributed by atoms with Crippen molar-refractivity contribution in [2.45, 2.75) is 50.7 Å². The first-order valence-electron chi connectivity index (χ1n) is 8.32. The molecule has 1 saturated heterocycles. The number of hydrogen-bond acceptors (Lipinski definition) is 3. The standard InChI is InChI=1S/C18H23NO2/c20-17-8-3-6-15(17)16-7-4-10-19(16)12-14-11-13-5-1-2-9-18(13)21-14/h1-2,5,9,14-16H,3-4,6-8,10-12H2. The largest absolute Gasteiger partial charge is 0.488 e. The van der Waals surface area contributed by atoms with E-state index >= 15 is 0 Å². The van der Waals surface area contributed by atoms with E-state index in [4.69, 9.17) is 4.74 Å². The van der Waals surface area contributed by atoms with Gasteiger partial charge in [-0.25, -0.2) is 0 Å². The summed E-state index contributed by atoms with van der Waals surface area (Å²) in [6.07, 6.45) is 6.70. The lowest BCUT2D eigenvalue weighted by atomic mass is 9.95. The molecule has 2 heterocycles. The summed E-state index contributed by atoms with van der Waals surface area (Å²) in [5.74, 6) is 1.86. The summed E-state index contributed by atoms with van der Waals surface area (Å²) < 4.78 is 6.08. The quantitative estimate of drug-likeness (QED) is 0.855. The molecule has 3 unspecified atom stereocenters. The molecule has 112 valence electrons. The second-order valence-electron chi connectivity index (χ2n) is 6.72. The normalized spacial score (nSPS) is 32.4. The van der Waals surface area contributed by atoms with Crippen LogP contribution < -0.4 is 4.74 Å². The third-order valence-electron chi connectivity index (χ3n) is 5.38. The van der Waals surface area contributed by atoms with Gasteiger partial charge in [0.15, 0.2) is 0 Å². The number of ether oxygens (including phenoxy) is 1. The predicted molar refractivity (Wildman–Crippen MR) is 81.5 cm³/mol. The topological polar surface area (TPSA) is 29.5 Å². The number of likely N-dealkylation sites (tertiary alicyclic amines) is 1. The molecule has 1 aliphatic carbocycles. The predicted octanol–water partition coefficient (Wildman–Crippen LogP) is 2.82. The van der Waals surface area contributed by atoms with Crippen LogP contribution in [-0.2, 0) is 11.2 Å². The molecule has 1 aromatic carbocycles. The third kappa shape index (κ3) is 2.48. The van der Waals surface area contributed by atoms with Crippen LogP contribution in [0.15, 0.2) is 24.3 Å². The SMILES string of the molecule is O=C1CCCC1C1CCCN1CC1Cc2ccccc2O1. The minimum absolute atomic E-state index is 0.263. The van der Waals surface area contributed by atoms with Gasteiger partial charge in [0, 0.05) is 31.3 Å². The summed E-state index contributed by atoms with van der Waals surface area (Å²) in [6, 6.07) is 8.83. The number of fused-ring (bicyclic) bond motifs is 1. The van der Waals surface area contributed by atoms with Crippen molar-refractivity contribution in [2.24, 2.45) is 5.92 Å². The molecule has 1 saturated carbocycles. The molecule has 0 bridgehead atoms. The Bertz CT molecular complexity index is 517. The zero-order valence-corrected chi connectivity index (χ0v) is 12.5. The van der Waals surface area contributed by atoms with Crippen LogP contribution in [0.4, 0.5) is 0 Å². The van der Waals surface area contributed by atoms with Crippen molar-refractivity contribution in [3.8, 4) is 5.75 Å². The Morgan fingerprint density at radius 3 is 2.90 bits per heavy atom. The van der Waals surface area contributed by atoms with Gasteiger partial charge in [-0.05, 0) is 43.9 Å². The molecule has 0 aromatic heterocycles. The maximum atomic E-state index is 12.1. The molecule has 4 rings (SSSR count). The van der Waals surface area contributed by atoms with Crippen LogP contribution in [0.5, 0.6) is 5.75 Å². The maximum Gasteiger partial charge on any atom is 0.137 e. The summed E-state index contributed by atoms with van der Waals surface area (Å²) in [6.45, 7) is 2.10. The van der Waals surface area contributed by atoms with Crippen molar-refractivity contribution in [1.82, 2.24) is 4.90 Å². The average molecular weight is 285 g/mol. The van der Waals surface area contributed by atoms with Gasteiger partial charge in [-0.3, -0.25) is 9.69 Å². The summed E-state index contributed by atoms with van der Waals surface area (Å²) in [7, 11) is 0. The van der Waals surface area contributed by atoms with E-state index in [0.29, 0.717) is 17.7 Å². The Hall–Kier alpha value is -1.35. The fourth-order valence-electron chi connectivity index (χ4n) is 4.40. The van der Waals surface area contributed by atoms with Crippen molar-refractivity contribution >= 4 is 5.78 Å². The number of para-hydroxylation sites is 1. The number of nitrogens with zero attached hydrogens (tertiary/aromatic N) is 1. The van der Waals surface area contributed by atoms with Gasteiger partial charge in [0.25, 0.3) is 0 Å². The van der Waals surface area contributed by atoms with Gasteiger partial charge in [-0.1, -0.05) is 18.2 Å². The Morgan fingerprint density at radius 2 is 2.10 bits per heavy atom. The Morgan fingerprint density at radius 1 is 1.19 bits per heavy atom. The van der Waals surface area contributed by atoms with Crippen LogP contribution in [0, 0.1) is 5.92 Å². The summed E-state index contributed by atoms with van der Waals surface area (Å²) in [4.78, 5) is 14.6. The first-order chi connectivity index (χ1) is 10.3. The van der Waals surface area contributed by atoms with E-state index in [1.807, 2.05) is 6.07 Å². The molecule has 2 fully saturated rings. The molecule has 0 radical (unpaired) electrons. The van der Waals surface area contributed by atoms with Crippen LogP contribution in [0.1, 0.15) is 37.7 Å². The smallest absolute Gasteiger partial charge is 0.137 e. The second kappa shape index (κ2) is 5.45. The zero-order valence-electron chi connectivity index (χ0n) is 12.5. The third-order valence-corrected chi connectivity index (χ3v) is 5.38. The molecule has 3 atom stereocenters. The van der Waals surface area contributed by atoms with E-state index in [1.54, 1.807) is 0 Å². The van der Waals surface area contributed by atoms with Gasteiger partial charge in [0.1, 0.15) is 17.6 Å². The molecule has 21 heavy (non-hydrogen) atoms. The molecule has 2 aliphatic heterocycles. The van der Waals surface area contributed by atoms with Gasteiger partial charge in [0.05, 0.1) is 0 Å². The number of hydrogen-bond donors (Lipinski definition) is 0. The first-order valence-corrected chi connectivity index (χ1v) is 8.32. The maximum absolute atomic E-state index is 12.1. The Labute approximate surface area is 126 Å². The van der Waals surface area contributed by atoms with Gasteiger partial charge < -0.3 is 4.74 Å². The molecule has 3 aliphatic rings. The summed E-state index contributed by atoms with van der Waals surface area (Å²) in [5.41, 5.74) is 1.33. The Balaban J connectivity index is 1.42. The Kier molecular flexibility index (Phi) is 3.46. The lowest BCUT2D eigenvalue weighted by Gasteiger charge is -2.30. The van der Waals surface area contributed by atoms with Crippen LogP contribution in [0.2, 0.25) is 0 Å². The van der Waals surface area contributed by atoms with E-state index in [9.17, 15) is 4.79 Å². The summed E-state index contributed by atoms with van der Waals surface area (Å²) >= 11 is 0. The molecule has 3 heteroatoms. The molecular weight excluding hydrogens is 262 g/mol. The van der Waals surface area contributed by atoms with Crippen molar-refractivity contribution in [3.05, 3.63) is 29.8 Å². The van der Waals surface area contributed by atoms with Crippen molar-refractivity contribution in [3.63, 3.8) is 0 Å². The number of rotatable bonds is 3.